The molecule has 3 aliphatic rings. The van der Waals surface area contributed by atoms with E-state index in [4.69, 9.17) is 24.2 Å². The Balaban J connectivity index is 1.27. The molecule has 0 amide bonds. The number of morpholine rings is 1. The Labute approximate surface area is 226 Å². The zero-order chi connectivity index (χ0) is 26.1. The number of carbonyl (C=O) groups excluding carboxylic acids is 1. The van der Waals surface area contributed by atoms with E-state index in [0.717, 1.165) is 80.7 Å². The predicted octanol–water partition coefficient (Wildman–Crippen LogP) is 4.17. The lowest BCUT2D eigenvalue weighted by Gasteiger charge is -2.38. The fraction of sp³-hybridized carbons (Fsp3) is 0.630. The normalized spacial score (nSPS) is 23.9. The topological polar surface area (TPSA) is 104 Å². The van der Waals surface area contributed by atoms with Gasteiger partial charge >= 0.3 is 5.97 Å². The summed E-state index contributed by atoms with van der Waals surface area (Å²) in [4.78, 5) is 26.9. The molecule has 2 aliphatic carbocycles. The van der Waals surface area contributed by atoms with E-state index in [0.29, 0.717) is 30.9 Å². The highest BCUT2D eigenvalue weighted by atomic mass is 32.1. The number of anilines is 2. The van der Waals surface area contributed by atoms with Gasteiger partial charge in [-0.05, 0) is 56.9 Å². The van der Waals surface area contributed by atoms with Gasteiger partial charge in [0.05, 0.1) is 43.5 Å². The molecule has 1 N–H and O–H groups in total. The Morgan fingerprint density at radius 2 is 2.00 bits per heavy atom. The van der Waals surface area contributed by atoms with Crippen molar-refractivity contribution in [2.75, 3.05) is 38.2 Å². The van der Waals surface area contributed by atoms with Gasteiger partial charge in [0.1, 0.15) is 10.9 Å². The van der Waals surface area contributed by atoms with E-state index in [1.807, 2.05) is 20.2 Å². The Bertz CT molecular complexity index is 1280. The fourth-order valence-corrected chi connectivity index (χ4v) is 7.38. The number of nitrogens with zero attached hydrogens (tertiary/aromatic N) is 5. The molecule has 1 aliphatic heterocycles. The van der Waals surface area contributed by atoms with Crippen LogP contribution >= 0.6 is 11.3 Å². The van der Waals surface area contributed by atoms with Crippen molar-refractivity contribution in [3.63, 3.8) is 0 Å². The van der Waals surface area contributed by atoms with Crippen LogP contribution in [0.25, 0.3) is 10.2 Å². The summed E-state index contributed by atoms with van der Waals surface area (Å²) in [6.07, 6.45) is 10.2. The summed E-state index contributed by atoms with van der Waals surface area (Å²) in [5.41, 5.74) is 2.01. The maximum absolute atomic E-state index is 12.4. The number of ether oxygens (including phenoxy) is 3. The third kappa shape index (κ3) is 5.37. The van der Waals surface area contributed by atoms with Gasteiger partial charge < -0.3 is 19.5 Å². The van der Waals surface area contributed by atoms with Crippen molar-refractivity contribution in [1.82, 2.24) is 24.6 Å². The molecule has 0 aromatic carbocycles. The van der Waals surface area contributed by atoms with Crippen molar-refractivity contribution in [3.05, 3.63) is 22.8 Å². The highest BCUT2D eigenvalue weighted by molar-refractivity contribution is 7.19. The van der Waals surface area contributed by atoms with Gasteiger partial charge in [0.25, 0.3) is 0 Å². The number of carbonyl (C=O) groups is 1. The Hall–Kier alpha value is -2.76. The van der Waals surface area contributed by atoms with Gasteiger partial charge in [0, 0.05) is 37.3 Å². The average molecular weight is 541 g/mol. The van der Waals surface area contributed by atoms with Crippen molar-refractivity contribution in [3.8, 4) is 5.88 Å². The van der Waals surface area contributed by atoms with Crippen molar-refractivity contribution in [1.29, 1.82) is 0 Å². The van der Waals surface area contributed by atoms with E-state index in [1.165, 1.54) is 10.4 Å². The Morgan fingerprint density at radius 3 is 2.74 bits per heavy atom. The molecule has 3 aromatic rings. The highest BCUT2D eigenvalue weighted by Gasteiger charge is 2.34. The van der Waals surface area contributed by atoms with Crippen LogP contribution < -0.4 is 10.1 Å². The molecule has 1 saturated carbocycles. The molecule has 3 aromatic heterocycles. The van der Waals surface area contributed by atoms with Crippen molar-refractivity contribution >= 4 is 39.2 Å². The third-order valence-electron chi connectivity index (χ3n) is 7.92. The summed E-state index contributed by atoms with van der Waals surface area (Å²) < 4.78 is 19.3. The van der Waals surface area contributed by atoms with E-state index < -0.39 is 0 Å². The first kappa shape index (κ1) is 25.5. The number of rotatable bonds is 8. The molecule has 0 bridgehead atoms. The van der Waals surface area contributed by atoms with Crippen LogP contribution in [0.1, 0.15) is 61.8 Å². The molecule has 4 heterocycles. The fourth-order valence-electron chi connectivity index (χ4n) is 6.11. The van der Waals surface area contributed by atoms with E-state index >= 15 is 0 Å². The largest absolute Gasteiger partial charge is 0.474 e. The molecule has 1 atom stereocenters. The van der Waals surface area contributed by atoms with E-state index in [9.17, 15) is 4.79 Å². The summed E-state index contributed by atoms with van der Waals surface area (Å²) in [7, 11) is 1.88. The summed E-state index contributed by atoms with van der Waals surface area (Å²) >= 11 is 1.69. The Kier molecular flexibility index (Phi) is 7.49. The molecular weight excluding hydrogens is 504 g/mol. The number of nitrogens with one attached hydrogen (secondary N) is 1. The number of aromatic nitrogens is 4. The smallest absolute Gasteiger partial charge is 0.306 e. The maximum atomic E-state index is 12.4. The van der Waals surface area contributed by atoms with Gasteiger partial charge in [-0.1, -0.05) is 0 Å². The zero-order valence-electron chi connectivity index (χ0n) is 22.1. The lowest BCUT2D eigenvalue weighted by atomic mass is 9.91. The van der Waals surface area contributed by atoms with Crippen molar-refractivity contribution < 1.29 is 19.0 Å². The second kappa shape index (κ2) is 11.2. The summed E-state index contributed by atoms with van der Waals surface area (Å²) in [6, 6.07) is 0.603. The van der Waals surface area contributed by atoms with Crippen molar-refractivity contribution in [2.24, 2.45) is 7.05 Å². The van der Waals surface area contributed by atoms with E-state index in [1.54, 1.807) is 22.2 Å². The van der Waals surface area contributed by atoms with Gasteiger partial charge in [0.15, 0.2) is 0 Å². The second-order valence-electron chi connectivity index (χ2n) is 10.4. The number of esters is 1. The minimum atomic E-state index is -0.149. The molecule has 38 heavy (non-hydrogen) atoms. The van der Waals surface area contributed by atoms with Crippen LogP contribution in [0.15, 0.2) is 12.4 Å². The standard InChI is InChI=1S/C27H36N6O4S/c1-3-36-22(34)14-17-4-9-21-23(17)24-25(30-27(31-26(24)38-21)29-18-15-28-32(2)16-18)37-20-7-5-19(6-8-20)33-10-12-35-13-11-33/h15-17,19-20H,3-14H2,1-2H3,(H,29,30,31). The van der Waals surface area contributed by atoms with Crippen LogP contribution in [-0.4, -0.2) is 75.7 Å². The van der Waals surface area contributed by atoms with Crippen LogP contribution in [0.5, 0.6) is 5.88 Å². The lowest BCUT2D eigenvalue weighted by molar-refractivity contribution is -0.143. The quantitative estimate of drug-likeness (QED) is 0.422. The van der Waals surface area contributed by atoms with Crippen molar-refractivity contribution in [2.45, 2.75) is 69.9 Å². The van der Waals surface area contributed by atoms with E-state index in [2.05, 4.69) is 15.3 Å². The number of fused-ring (bicyclic) bond motifs is 3. The lowest BCUT2D eigenvalue weighted by Crippen LogP contribution is -2.46. The van der Waals surface area contributed by atoms with Gasteiger partial charge in [-0.2, -0.15) is 10.1 Å². The number of hydrogen-bond acceptors (Lipinski definition) is 10. The maximum Gasteiger partial charge on any atom is 0.306 e. The summed E-state index contributed by atoms with van der Waals surface area (Å²) in [5, 5.41) is 8.52. The molecule has 0 radical (unpaired) electrons. The molecule has 0 spiro atoms. The van der Waals surface area contributed by atoms with Gasteiger partial charge in [-0.15, -0.1) is 11.3 Å². The first-order chi connectivity index (χ1) is 18.6. The third-order valence-corrected chi connectivity index (χ3v) is 9.08. The van der Waals surface area contributed by atoms with Crippen LogP contribution in [0, 0.1) is 0 Å². The first-order valence-electron chi connectivity index (χ1n) is 13.8. The average Bonchev–Trinajstić information content (AvgIpc) is 3.61. The molecular formula is C27H36N6O4S. The first-order valence-corrected chi connectivity index (χ1v) is 14.6. The van der Waals surface area contributed by atoms with Crippen LogP contribution in [0.3, 0.4) is 0 Å². The molecule has 1 unspecified atom stereocenters. The SMILES string of the molecule is CCOC(=O)CC1CCc2sc3nc(Nc4cnn(C)c4)nc(OC4CCC(N5CCOCC5)CC4)c3c21. The Morgan fingerprint density at radius 1 is 1.18 bits per heavy atom. The monoisotopic (exact) mass is 540 g/mol. The van der Waals surface area contributed by atoms with Crippen LogP contribution in [-0.2, 0) is 27.7 Å². The molecule has 204 valence electrons. The van der Waals surface area contributed by atoms with Gasteiger partial charge in [-0.3, -0.25) is 14.4 Å². The van der Waals surface area contributed by atoms with Crippen LogP contribution in [0.2, 0.25) is 0 Å². The predicted molar refractivity (Wildman–Crippen MR) is 145 cm³/mol. The molecule has 11 heteroatoms. The number of hydrogen-bond donors (Lipinski definition) is 1. The summed E-state index contributed by atoms with van der Waals surface area (Å²) in [5.74, 6) is 1.09. The zero-order valence-corrected chi connectivity index (χ0v) is 23.0. The van der Waals surface area contributed by atoms with Crippen LogP contribution in [0.4, 0.5) is 11.6 Å². The second-order valence-corrected chi connectivity index (χ2v) is 11.5. The number of thiophene rings is 1. The molecule has 10 nitrogen and oxygen atoms in total. The minimum Gasteiger partial charge on any atom is -0.474 e. The van der Waals surface area contributed by atoms with Gasteiger partial charge in [0.2, 0.25) is 11.8 Å². The summed E-state index contributed by atoms with van der Waals surface area (Å²) in [6.45, 7) is 5.96. The van der Waals surface area contributed by atoms with Gasteiger partial charge in [-0.25, -0.2) is 4.98 Å². The minimum absolute atomic E-state index is 0.108. The van der Waals surface area contributed by atoms with E-state index in [-0.39, 0.29) is 18.0 Å². The molecule has 2 fully saturated rings. The highest BCUT2D eigenvalue weighted by Crippen LogP contribution is 2.48. The number of aryl methyl sites for hydroxylation is 2. The molecule has 6 rings (SSSR count). The molecule has 1 saturated heterocycles.